The minimum absolute atomic E-state index is 0.120. The number of carbonyl (C=O) groups excluding carboxylic acids is 1. The number of anilines is 1. The smallest absolute Gasteiger partial charge is 0.310 e. The lowest BCUT2D eigenvalue weighted by molar-refractivity contribution is -0.385. The summed E-state index contributed by atoms with van der Waals surface area (Å²) in [4.78, 5) is 22.9. The number of amides is 1. The zero-order chi connectivity index (χ0) is 26.1. The molecule has 3 aromatic carbocycles. The summed E-state index contributed by atoms with van der Waals surface area (Å²) in [5, 5.41) is 13.8. The van der Waals surface area contributed by atoms with E-state index in [1.807, 2.05) is 42.5 Å². The van der Waals surface area contributed by atoms with Gasteiger partial charge in [0, 0.05) is 17.8 Å². The average molecular weight is 491 g/mol. The summed E-state index contributed by atoms with van der Waals surface area (Å²) < 4.78 is 21.2. The molecule has 0 saturated carbocycles. The van der Waals surface area contributed by atoms with Crippen molar-refractivity contribution >= 4 is 35.5 Å². The second-order valence-electron chi connectivity index (χ2n) is 7.43. The molecule has 3 rings (SSSR count). The molecule has 0 radical (unpaired) electrons. The lowest BCUT2D eigenvalue weighted by Crippen LogP contribution is -2.07. The van der Waals surface area contributed by atoms with Crippen LogP contribution in [-0.4, -0.2) is 39.3 Å². The zero-order valence-corrected chi connectivity index (χ0v) is 20.3. The number of methoxy groups -OCH3 is 4. The molecule has 0 spiro atoms. The molecular weight excluding hydrogens is 464 g/mol. The van der Waals surface area contributed by atoms with Crippen molar-refractivity contribution in [3.8, 4) is 23.0 Å². The number of carbonyl (C=O) groups is 1. The number of rotatable bonds is 10. The van der Waals surface area contributed by atoms with Crippen LogP contribution in [0.15, 0.2) is 60.7 Å². The van der Waals surface area contributed by atoms with Crippen molar-refractivity contribution < 1.29 is 28.7 Å². The molecule has 0 aliphatic heterocycles. The number of benzene rings is 3. The third-order valence-electron chi connectivity index (χ3n) is 5.14. The highest BCUT2D eigenvalue weighted by Crippen LogP contribution is 2.38. The van der Waals surface area contributed by atoms with Crippen LogP contribution in [-0.2, 0) is 4.79 Å². The first-order valence-electron chi connectivity index (χ1n) is 10.8. The molecule has 0 heterocycles. The number of nitro benzene ring substituents is 1. The van der Waals surface area contributed by atoms with Crippen LogP contribution in [0.25, 0.3) is 18.2 Å². The minimum atomic E-state index is -0.526. The van der Waals surface area contributed by atoms with Crippen molar-refractivity contribution in [2.45, 2.75) is 0 Å². The molecular formula is C27H26N2O7. The summed E-state index contributed by atoms with van der Waals surface area (Å²) in [6, 6.07) is 15.4. The third-order valence-corrected chi connectivity index (χ3v) is 5.14. The van der Waals surface area contributed by atoms with Crippen molar-refractivity contribution in [1.29, 1.82) is 0 Å². The summed E-state index contributed by atoms with van der Waals surface area (Å²) in [7, 11) is 6.02. The van der Waals surface area contributed by atoms with E-state index < -0.39 is 4.92 Å². The molecule has 0 atom stereocenters. The van der Waals surface area contributed by atoms with E-state index in [2.05, 4.69) is 5.32 Å². The van der Waals surface area contributed by atoms with Gasteiger partial charge in [-0.15, -0.1) is 0 Å². The van der Waals surface area contributed by atoms with Crippen LogP contribution in [0.1, 0.15) is 16.7 Å². The lowest BCUT2D eigenvalue weighted by atomic mass is 10.1. The highest BCUT2D eigenvalue weighted by Gasteiger charge is 2.14. The number of hydrogen-bond donors (Lipinski definition) is 1. The van der Waals surface area contributed by atoms with Gasteiger partial charge in [-0.3, -0.25) is 14.9 Å². The molecule has 9 heteroatoms. The maximum atomic E-state index is 12.4. The highest BCUT2D eigenvalue weighted by atomic mass is 16.6. The topological polar surface area (TPSA) is 109 Å². The van der Waals surface area contributed by atoms with Crippen LogP contribution in [0.4, 0.5) is 11.4 Å². The van der Waals surface area contributed by atoms with E-state index in [0.29, 0.717) is 28.5 Å². The molecule has 3 aromatic rings. The summed E-state index contributed by atoms with van der Waals surface area (Å²) in [6.45, 7) is 0. The normalized spacial score (nSPS) is 10.9. The molecule has 9 nitrogen and oxygen atoms in total. The zero-order valence-electron chi connectivity index (χ0n) is 20.3. The standard InChI is InChI=1S/C27H26N2O7/c1-33-23-15-19(10-12-22(23)29(31)32)11-13-26(30)28-21-7-5-6-18(14-21)8-9-20-16-24(34-2)27(36-4)25(17-20)35-3/h5-17H,1-4H3,(H,28,30)/b9-8+,13-11+. The highest BCUT2D eigenvalue weighted by molar-refractivity contribution is 6.02. The Labute approximate surface area is 208 Å². The van der Waals surface area contributed by atoms with Crippen molar-refractivity contribution in [2.24, 2.45) is 0 Å². The van der Waals surface area contributed by atoms with E-state index in [1.165, 1.54) is 25.3 Å². The Hall–Kier alpha value is -4.79. The number of hydrogen-bond acceptors (Lipinski definition) is 7. The van der Waals surface area contributed by atoms with Gasteiger partial charge in [0.05, 0.1) is 33.4 Å². The van der Waals surface area contributed by atoms with Crippen molar-refractivity contribution in [2.75, 3.05) is 33.8 Å². The molecule has 0 aliphatic carbocycles. The predicted octanol–water partition coefficient (Wildman–Crippen LogP) is 5.45. The number of nitrogens with zero attached hydrogens (tertiary/aromatic N) is 1. The summed E-state index contributed by atoms with van der Waals surface area (Å²) in [5.74, 6) is 1.39. The van der Waals surface area contributed by atoms with E-state index in [9.17, 15) is 14.9 Å². The molecule has 0 aromatic heterocycles. The van der Waals surface area contributed by atoms with Crippen LogP contribution in [0.3, 0.4) is 0 Å². The fourth-order valence-corrected chi connectivity index (χ4v) is 3.41. The first-order valence-corrected chi connectivity index (χ1v) is 10.8. The molecule has 1 N–H and O–H groups in total. The Bertz CT molecular complexity index is 1290. The van der Waals surface area contributed by atoms with Crippen molar-refractivity contribution in [3.05, 3.63) is 87.5 Å². The largest absolute Gasteiger partial charge is 0.493 e. The Morgan fingerprint density at radius 3 is 2.00 bits per heavy atom. The molecule has 0 saturated heterocycles. The van der Waals surface area contributed by atoms with E-state index in [-0.39, 0.29) is 17.3 Å². The Morgan fingerprint density at radius 2 is 1.39 bits per heavy atom. The SMILES string of the molecule is COc1cc(/C=C/C(=O)Nc2cccc(/C=C/c3cc(OC)c(OC)c(OC)c3)c2)ccc1[N+](=O)[O-]. The maximum Gasteiger partial charge on any atom is 0.310 e. The molecule has 1 amide bonds. The van der Waals surface area contributed by atoms with Gasteiger partial charge in [0.1, 0.15) is 0 Å². The molecule has 36 heavy (non-hydrogen) atoms. The molecule has 186 valence electrons. The van der Waals surface area contributed by atoms with E-state index in [1.54, 1.807) is 39.5 Å². The summed E-state index contributed by atoms with van der Waals surface area (Å²) in [5.41, 5.74) is 2.77. The van der Waals surface area contributed by atoms with Gasteiger partial charge in [0.25, 0.3) is 0 Å². The molecule has 0 unspecified atom stereocenters. The Kier molecular flexibility index (Phi) is 8.66. The van der Waals surface area contributed by atoms with Gasteiger partial charge in [0.2, 0.25) is 11.7 Å². The van der Waals surface area contributed by atoms with Gasteiger partial charge < -0.3 is 24.3 Å². The average Bonchev–Trinajstić information content (AvgIpc) is 2.89. The fraction of sp³-hybridized carbons (Fsp3) is 0.148. The fourth-order valence-electron chi connectivity index (χ4n) is 3.41. The van der Waals surface area contributed by atoms with Gasteiger partial charge >= 0.3 is 5.69 Å². The van der Waals surface area contributed by atoms with Gasteiger partial charge in [-0.2, -0.15) is 0 Å². The van der Waals surface area contributed by atoms with Crippen LogP contribution in [0.2, 0.25) is 0 Å². The summed E-state index contributed by atoms with van der Waals surface area (Å²) >= 11 is 0. The van der Waals surface area contributed by atoms with Gasteiger partial charge in [-0.1, -0.05) is 24.3 Å². The second kappa shape index (κ2) is 12.1. The number of ether oxygens (including phenoxy) is 4. The molecule has 0 aliphatic rings. The van der Waals surface area contributed by atoms with E-state index in [0.717, 1.165) is 11.1 Å². The monoisotopic (exact) mass is 490 g/mol. The van der Waals surface area contributed by atoms with Gasteiger partial charge in [-0.05, 0) is 59.2 Å². The Morgan fingerprint density at radius 1 is 0.778 bits per heavy atom. The minimum Gasteiger partial charge on any atom is -0.493 e. The summed E-state index contributed by atoms with van der Waals surface area (Å²) in [6.07, 6.45) is 6.69. The Balaban J connectivity index is 1.72. The second-order valence-corrected chi connectivity index (χ2v) is 7.43. The van der Waals surface area contributed by atoms with E-state index in [4.69, 9.17) is 18.9 Å². The number of nitrogens with one attached hydrogen (secondary N) is 1. The molecule has 0 bridgehead atoms. The lowest BCUT2D eigenvalue weighted by Gasteiger charge is -2.12. The van der Waals surface area contributed by atoms with Crippen LogP contribution in [0.5, 0.6) is 23.0 Å². The maximum absolute atomic E-state index is 12.4. The van der Waals surface area contributed by atoms with Crippen molar-refractivity contribution in [1.82, 2.24) is 0 Å². The predicted molar refractivity (Wildman–Crippen MR) is 139 cm³/mol. The van der Waals surface area contributed by atoms with Gasteiger partial charge in [0.15, 0.2) is 17.2 Å². The van der Waals surface area contributed by atoms with Crippen molar-refractivity contribution in [3.63, 3.8) is 0 Å². The van der Waals surface area contributed by atoms with E-state index >= 15 is 0 Å². The van der Waals surface area contributed by atoms with Crippen LogP contribution < -0.4 is 24.3 Å². The first kappa shape index (κ1) is 25.8. The third kappa shape index (κ3) is 6.41. The quantitative estimate of drug-likeness (QED) is 0.174. The first-order chi connectivity index (χ1) is 17.4. The van der Waals surface area contributed by atoms with Crippen LogP contribution >= 0.6 is 0 Å². The number of nitro groups is 1. The molecule has 0 fully saturated rings. The van der Waals surface area contributed by atoms with Crippen LogP contribution in [0, 0.1) is 10.1 Å². The van der Waals surface area contributed by atoms with Gasteiger partial charge in [-0.25, -0.2) is 0 Å².